The summed E-state index contributed by atoms with van der Waals surface area (Å²) >= 11 is 0. The van der Waals surface area contributed by atoms with Gasteiger partial charge >= 0.3 is 5.97 Å². The quantitative estimate of drug-likeness (QED) is 0.735. The summed E-state index contributed by atoms with van der Waals surface area (Å²) in [6.07, 6.45) is 2.56. The van der Waals surface area contributed by atoms with Crippen molar-refractivity contribution in [3.05, 3.63) is 0 Å². The highest BCUT2D eigenvalue weighted by molar-refractivity contribution is 5.77. The van der Waals surface area contributed by atoms with Gasteiger partial charge in [0.15, 0.2) is 0 Å². The minimum atomic E-state index is -0.861. The van der Waals surface area contributed by atoms with Crippen molar-refractivity contribution in [2.45, 2.75) is 44.6 Å². The van der Waals surface area contributed by atoms with Gasteiger partial charge in [-0.2, -0.15) is 0 Å². The Balaban J connectivity index is 2.24. The molecule has 1 saturated heterocycles. The van der Waals surface area contributed by atoms with Crippen LogP contribution in [0.15, 0.2) is 0 Å². The molecule has 0 spiro atoms. The van der Waals surface area contributed by atoms with Crippen LogP contribution in [0.25, 0.3) is 0 Å². The van der Waals surface area contributed by atoms with Gasteiger partial charge in [-0.1, -0.05) is 0 Å². The number of carboxylic acids is 1. The first-order valence-corrected chi connectivity index (χ1v) is 5.62. The Morgan fingerprint density at radius 1 is 1.44 bits per heavy atom. The molecular weight excluding hydrogens is 210 g/mol. The first kappa shape index (κ1) is 13.0. The number of hydrogen-bond donors (Lipinski definition) is 2. The zero-order valence-electron chi connectivity index (χ0n) is 9.62. The second-order valence-electron chi connectivity index (χ2n) is 4.51. The number of ether oxygens (including phenoxy) is 1. The summed E-state index contributed by atoms with van der Waals surface area (Å²) in [4.78, 5) is 21.8. The second kappa shape index (κ2) is 5.84. The maximum Gasteiger partial charge on any atom is 0.303 e. The summed E-state index contributed by atoms with van der Waals surface area (Å²) in [5.41, 5.74) is -0.279. The van der Waals surface area contributed by atoms with Crippen molar-refractivity contribution in [2.75, 3.05) is 13.2 Å². The van der Waals surface area contributed by atoms with Gasteiger partial charge in [-0.05, 0) is 26.2 Å². The van der Waals surface area contributed by atoms with E-state index in [1.807, 2.05) is 6.92 Å². The van der Waals surface area contributed by atoms with Gasteiger partial charge in [-0.25, -0.2) is 0 Å². The normalized spacial score (nSPS) is 25.1. The fraction of sp³-hybridized carbons (Fsp3) is 0.818. The van der Waals surface area contributed by atoms with Crippen LogP contribution >= 0.6 is 0 Å². The van der Waals surface area contributed by atoms with Crippen LogP contribution in [-0.2, 0) is 14.3 Å². The van der Waals surface area contributed by atoms with Crippen LogP contribution in [0.2, 0.25) is 0 Å². The van der Waals surface area contributed by atoms with Crippen molar-refractivity contribution in [3.63, 3.8) is 0 Å². The number of rotatable bonds is 5. The summed E-state index contributed by atoms with van der Waals surface area (Å²) in [5.74, 6) is -0.950. The van der Waals surface area contributed by atoms with Crippen molar-refractivity contribution < 1.29 is 19.4 Å². The summed E-state index contributed by atoms with van der Waals surface area (Å²) < 4.78 is 5.32. The average Bonchev–Trinajstić information content (AvgIpc) is 2.17. The van der Waals surface area contributed by atoms with E-state index in [0.29, 0.717) is 13.0 Å². The molecule has 1 amide bonds. The lowest BCUT2D eigenvalue weighted by atomic mass is 9.94. The average molecular weight is 229 g/mol. The molecule has 1 heterocycles. The molecule has 5 nitrogen and oxygen atoms in total. The molecule has 0 bridgehead atoms. The lowest BCUT2D eigenvalue weighted by Crippen LogP contribution is -2.51. The Morgan fingerprint density at radius 2 is 2.19 bits per heavy atom. The Morgan fingerprint density at radius 3 is 2.75 bits per heavy atom. The zero-order valence-corrected chi connectivity index (χ0v) is 9.62. The molecule has 0 aromatic rings. The van der Waals surface area contributed by atoms with Crippen molar-refractivity contribution in [3.8, 4) is 0 Å². The second-order valence-corrected chi connectivity index (χ2v) is 4.51. The van der Waals surface area contributed by atoms with Gasteiger partial charge in [0.25, 0.3) is 0 Å². The lowest BCUT2D eigenvalue weighted by molar-refractivity contribution is -0.137. The molecule has 2 N–H and O–H groups in total. The number of hydrogen-bond acceptors (Lipinski definition) is 3. The van der Waals surface area contributed by atoms with Crippen LogP contribution in [0.3, 0.4) is 0 Å². The zero-order chi connectivity index (χ0) is 12.0. The molecule has 0 radical (unpaired) electrons. The molecule has 0 aliphatic carbocycles. The van der Waals surface area contributed by atoms with Crippen LogP contribution in [0.1, 0.15) is 39.0 Å². The van der Waals surface area contributed by atoms with E-state index >= 15 is 0 Å². The topological polar surface area (TPSA) is 75.6 Å². The molecule has 0 aromatic carbocycles. The molecule has 1 aliphatic heterocycles. The van der Waals surface area contributed by atoms with Crippen LogP contribution < -0.4 is 5.32 Å². The molecule has 1 fully saturated rings. The van der Waals surface area contributed by atoms with E-state index in [9.17, 15) is 9.59 Å². The van der Waals surface area contributed by atoms with Gasteiger partial charge in [0.05, 0.1) is 12.1 Å². The lowest BCUT2D eigenvalue weighted by Gasteiger charge is -2.34. The van der Waals surface area contributed by atoms with E-state index in [2.05, 4.69) is 5.32 Å². The third-order valence-electron chi connectivity index (χ3n) is 2.67. The predicted octanol–water partition coefficient (Wildman–Crippen LogP) is 0.927. The molecule has 1 atom stereocenters. The monoisotopic (exact) mass is 229 g/mol. The van der Waals surface area contributed by atoms with Gasteiger partial charge in [0.2, 0.25) is 5.91 Å². The highest BCUT2D eigenvalue weighted by Crippen LogP contribution is 2.18. The van der Waals surface area contributed by atoms with E-state index in [-0.39, 0.29) is 24.3 Å². The molecule has 5 heteroatoms. The Bertz CT molecular complexity index is 259. The molecule has 92 valence electrons. The van der Waals surface area contributed by atoms with Crippen molar-refractivity contribution in [2.24, 2.45) is 0 Å². The van der Waals surface area contributed by atoms with Crippen LogP contribution in [0.5, 0.6) is 0 Å². The standard InChI is InChI=1S/C11H19NO4/c1-11(6-3-7-16-8-11)12-9(13)4-2-5-10(14)15/h2-8H2,1H3,(H,12,13)(H,14,15). The maximum atomic E-state index is 11.5. The Labute approximate surface area is 95.2 Å². The minimum Gasteiger partial charge on any atom is -0.481 e. The highest BCUT2D eigenvalue weighted by Gasteiger charge is 2.28. The fourth-order valence-corrected chi connectivity index (χ4v) is 1.83. The van der Waals surface area contributed by atoms with Crippen LogP contribution in [-0.4, -0.2) is 35.7 Å². The summed E-state index contributed by atoms with van der Waals surface area (Å²) in [5, 5.41) is 11.4. The molecule has 0 aromatic heterocycles. The van der Waals surface area contributed by atoms with Gasteiger partial charge in [-0.3, -0.25) is 9.59 Å². The van der Waals surface area contributed by atoms with Crippen molar-refractivity contribution >= 4 is 11.9 Å². The van der Waals surface area contributed by atoms with Crippen LogP contribution in [0, 0.1) is 0 Å². The number of amides is 1. The van der Waals surface area contributed by atoms with E-state index in [1.165, 1.54) is 0 Å². The number of carbonyl (C=O) groups excluding carboxylic acids is 1. The maximum absolute atomic E-state index is 11.5. The third-order valence-corrected chi connectivity index (χ3v) is 2.67. The number of carbonyl (C=O) groups is 2. The van der Waals surface area contributed by atoms with E-state index in [0.717, 1.165) is 19.4 Å². The van der Waals surface area contributed by atoms with E-state index in [4.69, 9.17) is 9.84 Å². The molecule has 1 aliphatic rings. The third kappa shape index (κ3) is 4.61. The molecule has 0 saturated carbocycles. The van der Waals surface area contributed by atoms with E-state index < -0.39 is 5.97 Å². The molecular formula is C11H19NO4. The minimum absolute atomic E-state index is 0.0423. The van der Waals surface area contributed by atoms with Crippen molar-refractivity contribution in [1.82, 2.24) is 5.32 Å². The van der Waals surface area contributed by atoms with Gasteiger partial charge in [0, 0.05) is 19.4 Å². The summed E-state index contributed by atoms with van der Waals surface area (Å²) in [6, 6.07) is 0. The van der Waals surface area contributed by atoms with Crippen molar-refractivity contribution in [1.29, 1.82) is 0 Å². The summed E-state index contributed by atoms with van der Waals surface area (Å²) in [7, 11) is 0. The Hall–Kier alpha value is -1.10. The van der Waals surface area contributed by atoms with Crippen LogP contribution in [0.4, 0.5) is 0 Å². The first-order chi connectivity index (χ1) is 7.52. The summed E-state index contributed by atoms with van der Waals surface area (Å²) in [6.45, 7) is 3.25. The van der Waals surface area contributed by atoms with E-state index in [1.54, 1.807) is 0 Å². The molecule has 16 heavy (non-hydrogen) atoms. The van der Waals surface area contributed by atoms with Gasteiger partial charge < -0.3 is 15.2 Å². The number of carboxylic acid groups (broad SMARTS) is 1. The number of nitrogens with one attached hydrogen (secondary N) is 1. The SMILES string of the molecule is CC1(NC(=O)CCCC(=O)O)CCCOC1. The predicted molar refractivity (Wildman–Crippen MR) is 58.1 cm³/mol. The Kier molecular flexibility index (Phi) is 4.73. The van der Waals surface area contributed by atoms with Gasteiger partial charge in [-0.15, -0.1) is 0 Å². The number of aliphatic carboxylic acids is 1. The fourth-order valence-electron chi connectivity index (χ4n) is 1.83. The van der Waals surface area contributed by atoms with Gasteiger partial charge in [0.1, 0.15) is 0 Å². The molecule has 1 rings (SSSR count). The first-order valence-electron chi connectivity index (χ1n) is 5.62. The highest BCUT2D eigenvalue weighted by atomic mass is 16.5. The smallest absolute Gasteiger partial charge is 0.303 e. The molecule has 1 unspecified atom stereocenters. The largest absolute Gasteiger partial charge is 0.481 e.